The van der Waals surface area contributed by atoms with Gasteiger partial charge in [0.05, 0.1) is 18.1 Å². The number of likely N-dealkylation sites (N-methyl/N-ethyl adjacent to an activating group) is 1. The Labute approximate surface area is 272 Å². The van der Waals surface area contributed by atoms with Gasteiger partial charge in [-0.1, -0.05) is 27.7 Å². The van der Waals surface area contributed by atoms with Crippen molar-refractivity contribution in [1.29, 1.82) is 0 Å². The van der Waals surface area contributed by atoms with E-state index in [2.05, 4.69) is 0 Å². The highest BCUT2D eigenvalue weighted by Crippen LogP contribution is 2.56. The van der Waals surface area contributed by atoms with Gasteiger partial charge in [-0.3, -0.25) is 24.3 Å². The normalized spacial score (nSPS) is 47.1. The van der Waals surface area contributed by atoms with E-state index in [0.29, 0.717) is 6.42 Å². The number of carbonyl (C=O) groups is 4. The summed E-state index contributed by atoms with van der Waals surface area (Å²) >= 11 is 0. The topological polar surface area (TPSA) is 154 Å². The summed E-state index contributed by atoms with van der Waals surface area (Å²) in [4.78, 5) is 64.7. The lowest BCUT2D eigenvalue weighted by molar-refractivity contribution is -0.310. The van der Waals surface area contributed by atoms with Crippen LogP contribution in [0.2, 0.25) is 0 Å². The number of aliphatic hydroxyl groups excluding tert-OH is 1. The van der Waals surface area contributed by atoms with Crippen LogP contribution in [0, 0.1) is 23.7 Å². The number of carbonyl (C=O) groups excluding carboxylic acids is 4. The van der Waals surface area contributed by atoms with Crippen LogP contribution in [0.5, 0.6) is 0 Å². The van der Waals surface area contributed by atoms with Crippen LogP contribution in [-0.4, -0.2) is 126 Å². The van der Waals surface area contributed by atoms with E-state index >= 15 is 0 Å². The molecule has 1 N–H and O–H groups in total. The van der Waals surface area contributed by atoms with E-state index in [1.165, 1.54) is 25.1 Å². The van der Waals surface area contributed by atoms with Crippen molar-refractivity contribution < 1.29 is 48.0 Å². The smallest absolute Gasteiger partial charge is 0.413 e. The Hall–Kier alpha value is -2.45. The molecular weight excluding hydrogens is 598 g/mol. The van der Waals surface area contributed by atoms with Gasteiger partial charge < -0.3 is 33.7 Å². The van der Waals surface area contributed by atoms with Gasteiger partial charge in [0.25, 0.3) is 0 Å². The largest absolute Gasteiger partial charge is 0.458 e. The zero-order chi connectivity index (χ0) is 34.7. The fourth-order valence-corrected chi connectivity index (χ4v) is 8.63. The van der Waals surface area contributed by atoms with Crippen molar-refractivity contribution in [3.05, 3.63) is 0 Å². The van der Waals surface area contributed by atoms with Crippen LogP contribution in [0.25, 0.3) is 0 Å². The predicted octanol–water partition coefficient (Wildman–Crippen LogP) is 2.60. The van der Waals surface area contributed by atoms with E-state index < -0.39 is 89.0 Å². The first-order chi connectivity index (χ1) is 21.4. The Kier molecular flexibility index (Phi) is 10.2. The number of esters is 1. The molecule has 4 heterocycles. The maximum absolute atomic E-state index is 14.4. The fourth-order valence-electron chi connectivity index (χ4n) is 8.63. The number of aliphatic imine (C=N–C) groups is 1. The van der Waals surface area contributed by atoms with Crippen LogP contribution in [-0.2, 0) is 38.1 Å². The third kappa shape index (κ3) is 5.21. The molecule has 4 rings (SSSR count). The molecule has 0 aromatic heterocycles. The molecule has 4 fully saturated rings. The molecule has 46 heavy (non-hydrogen) atoms. The molecule has 260 valence electrons. The molecule has 0 aromatic carbocycles. The van der Waals surface area contributed by atoms with Gasteiger partial charge in [-0.05, 0) is 67.8 Å². The lowest BCUT2D eigenvalue weighted by Gasteiger charge is -2.60. The van der Waals surface area contributed by atoms with Gasteiger partial charge in [0, 0.05) is 25.0 Å². The van der Waals surface area contributed by atoms with Gasteiger partial charge in [-0.15, -0.1) is 0 Å². The SMILES string of the molecule is CC=NC12[C@@H](C)C(=O)[C@H](C)C3N1C(=O)OC3(C)[C@@H](CC)OC(=O)[C@H](C)C(=O)[C@H](C)C(OC1OC(C)CC(N(C)C)C1O)C2(C)OC. The summed E-state index contributed by atoms with van der Waals surface area (Å²) in [5.74, 6) is -5.51. The molecule has 0 aliphatic carbocycles. The van der Waals surface area contributed by atoms with E-state index in [-0.39, 0.29) is 24.3 Å². The van der Waals surface area contributed by atoms with Crippen LogP contribution in [0.1, 0.15) is 75.2 Å². The average Bonchev–Trinajstić information content (AvgIpc) is 3.29. The van der Waals surface area contributed by atoms with Crippen molar-refractivity contribution in [1.82, 2.24) is 9.80 Å². The third-order valence-electron chi connectivity index (χ3n) is 11.2. The van der Waals surface area contributed by atoms with Crippen molar-refractivity contribution >= 4 is 29.8 Å². The number of hydrogen-bond acceptors (Lipinski definition) is 12. The Morgan fingerprint density at radius 1 is 1.07 bits per heavy atom. The first-order valence-corrected chi connectivity index (χ1v) is 16.4. The first-order valence-electron chi connectivity index (χ1n) is 16.4. The van der Waals surface area contributed by atoms with Gasteiger partial charge >= 0.3 is 12.1 Å². The molecule has 14 atom stereocenters. The minimum atomic E-state index is -1.80. The van der Waals surface area contributed by atoms with Gasteiger partial charge in [0.1, 0.15) is 35.6 Å². The highest BCUT2D eigenvalue weighted by molar-refractivity contribution is 6.00. The number of ketones is 2. The van der Waals surface area contributed by atoms with E-state index in [9.17, 15) is 24.3 Å². The summed E-state index contributed by atoms with van der Waals surface area (Å²) in [6, 6.07) is -1.26. The third-order valence-corrected chi connectivity index (χ3v) is 11.2. The molecule has 13 heteroatoms. The molecule has 13 nitrogen and oxygen atoms in total. The molecule has 0 saturated carbocycles. The summed E-state index contributed by atoms with van der Waals surface area (Å²) in [6.07, 6.45) is -3.42. The van der Waals surface area contributed by atoms with E-state index in [1.807, 2.05) is 25.9 Å². The predicted molar refractivity (Wildman–Crippen MR) is 167 cm³/mol. The molecule has 0 radical (unpaired) electrons. The molecule has 0 spiro atoms. The second kappa shape index (κ2) is 12.9. The van der Waals surface area contributed by atoms with Gasteiger partial charge in [-0.25, -0.2) is 4.79 Å². The summed E-state index contributed by atoms with van der Waals surface area (Å²) in [6.45, 7) is 15.1. The number of amides is 1. The molecular formula is C33H53N3O10. The molecule has 9 unspecified atom stereocenters. The molecule has 0 aromatic rings. The molecule has 4 aliphatic heterocycles. The molecule has 4 saturated heterocycles. The number of piperidine rings is 1. The van der Waals surface area contributed by atoms with E-state index in [4.69, 9.17) is 28.7 Å². The Morgan fingerprint density at radius 2 is 1.70 bits per heavy atom. The number of rotatable bonds is 6. The lowest BCUT2D eigenvalue weighted by Crippen LogP contribution is -2.79. The first kappa shape index (κ1) is 36.4. The Morgan fingerprint density at radius 3 is 2.24 bits per heavy atom. The number of ether oxygens (including phenoxy) is 5. The van der Waals surface area contributed by atoms with E-state index in [1.54, 1.807) is 48.5 Å². The molecule has 1 amide bonds. The van der Waals surface area contributed by atoms with Gasteiger partial charge in [-0.2, -0.15) is 0 Å². The minimum Gasteiger partial charge on any atom is -0.458 e. The Balaban J connectivity index is 2.05. The monoisotopic (exact) mass is 651 g/mol. The van der Waals surface area contributed by atoms with Gasteiger partial charge in [0.15, 0.2) is 23.3 Å². The van der Waals surface area contributed by atoms with Crippen LogP contribution >= 0.6 is 0 Å². The highest BCUT2D eigenvalue weighted by Gasteiger charge is 2.75. The summed E-state index contributed by atoms with van der Waals surface area (Å²) in [5, 5.41) is 11.5. The minimum absolute atomic E-state index is 0.209. The van der Waals surface area contributed by atoms with Crippen molar-refractivity contribution in [3.63, 3.8) is 0 Å². The van der Waals surface area contributed by atoms with Crippen molar-refractivity contribution in [2.45, 2.75) is 135 Å². The zero-order valence-corrected chi connectivity index (χ0v) is 29.3. The summed E-state index contributed by atoms with van der Waals surface area (Å²) in [7, 11) is 5.10. The standard InChI is InChI=1S/C33H53N3O10/c1-13-22-31(8)26-17(4)24(38)20(7)33(34-14-2,36(26)30(41)46-31)32(9,42-12)27(18(5)23(37)19(6)28(40)44-22)45-29-25(39)21(35(10)11)15-16(3)43-29/h14,16-22,25-27,29,39H,13,15H2,1-12H3/t16?,17-,18-,19+,20-,21?,22+,25?,26?,27?,29?,31?,32?,33?/m0/s1. The number of Topliss-reactive ketones (excluding diaryl/α,β-unsaturated/α-hetero) is 2. The lowest BCUT2D eigenvalue weighted by atomic mass is 9.62. The quantitative estimate of drug-likeness (QED) is 0.256. The molecule has 4 bridgehead atoms. The van der Waals surface area contributed by atoms with Crippen molar-refractivity contribution in [2.75, 3.05) is 21.2 Å². The van der Waals surface area contributed by atoms with Crippen LogP contribution in [0.3, 0.4) is 0 Å². The maximum atomic E-state index is 14.4. The van der Waals surface area contributed by atoms with Gasteiger partial charge in [0.2, 0.25) is 0 Å². The average molecular weight is 652 g/mol. The van der Waals surface area contributed by atoms with Crippen molar-refractivity contribution in [2.24, 2.45) is 28.7 Å². The number of methoxy groups -OCH3 is 1. The zero-order valence-electron chi connectivity index (χ0n) is 29.3. The van der Waals surface area contributed by atoms with Crippen LogP contribution in [0.4, 0.5) is 4.79 Å². The second-order valence-electron chi connectivity index (χ2n) is 14.1. The number of nitrogens with zero attached hydrogens (tertiary/aromatic N) is 3. The summed E-state index contributed by atoms with van der Waals surface area (Å²) in [5.41, 5.74) is -5.01. The summed E-state index contributed by atoms with van der Waals surface area (Å²) < 4.78 is 31.3. The van der Waals surface area contributed by atoms with Crippen LogP contribution < -0.4 is 0 Å². The molecule has 4 aliphatic rings. The number of hydrogen-bond donors (Lipinski definition) is 1. The highest BCUT2D eigenvalue weighted by atomic mass is 16.7. The van der Waals surface area contributed by atoms with Crippen molar-refractivity contribution in [3.8, 4) is 0 Å². The number of aliphatic hydroxyl groups is 1. The Bertz CT molecular complexity index is 1240. The second-order valence-corrected chi connectivity index (χ2v) is 14.1. The number of cyclic esters (lactones) is 1. The van der Waals surface area contributed by atoms with E-state index in [0.717, 1.165) is 0 Å². The van der Waals surface area contributed by atoms with Crippen LogP contribution in [0.15, 0.2) is 4.99 Å². The maximum Gasteiger partial charge on any atom is 0.413 e. The fraction of sp³-hybridized carbons (Fsp3) is 0.848.